The summed E-state index contributed by atoms with van der Waals surface area (Å²) in [5, 5.41) is 3.90. The molecule has 2 rings (SSSR count). The van der Waals surface area contributed by atoms with E-state index in [1.54, 1.807) is 13.3 Å². The quantitative estimate of drug-likeness (QED) is 0.554. The van der Waals surface area contributed by atoms with Gasteiger partial charge in [-0.1, -0.05) is 0 Å². The maximum Gasteiger partial charge on any atom is 0.181 e. The van der Waals surface area contributed by atoms with Crippen molar-refractivity contribution in [2.45, 2.75) is 0 Å². The largest absolute Gasteiger partial charge is 0.443 e. The lowest BCUT2D eigenvalue weighted by atomic mass is 10.2. The highest BCUT2D eigenvalue weighted by molar-refractivity contribution is 5.85. The number of nitrogens with zero attached hydrogens (tertiary/aromatic N) is 2. The second-order valence-corrected chi connectivity index (χ2v) is 2.56. The van der Waals surface area contributed by atoms with Crippen molar-refractivity contribution in [3.8, 4) is 0 Å². The SMILES string of the molecule is CN/N=C/c1ccc2ocnc2c1. The summed E-state index contributed by atoms with van der Waals surface area (Å²) in [5.41, 5.74) is 5.32. The summed E-state index contributed by atoms with van der Waals surface area (Å²) in [5.74, 6) is 0. The molecule has 0 amide bonds. The minimum atomic E-state index is 0.793. The zero-order chi connectivity index (χ0) is 9.10. The van der Waals surface area contributed by atoms with E-state index >= 15 is 0 Å². The fourth-order valence-electron chi connectivity index (χ4n) is 1.09. The number of hydrogen-bond acceptors (Lipinski definition) is 4. The molecule has 0 bridgehead atoms. The third kappa shape index (κ3) is 1.51. The van der Waals surface area contributed by atoms with E-state index in [2.05, 4.69) is 15.5 Å². The summed E-state index contributed by atoms with van der Waals surface area (Å²) in [6.45, 7) is 0. The van der Waals surface area contributed by atoms with Crippen LogP contribution < -0.4 is 5.43 Å². The van der Waals surface area contributed by atoms with E-state index in [1.165, 1.54) is 6.39 Å². The lowest BCUT2D eigenvalue weighted by molar-refractivity contribution is 0.602. The van der Waals surface area contributed by atoms with Crippen molar-refractivity contribution < 1.29 is 4.42 Å². The molecular formula is C9H9N3O. The number of rotatable bonds is 2. The van der Waals surface area contributed by atoms with Gasteiger partial charge >= 0.3 is 0 Å². The third-order valence-electron chi connectivity index (χ3n) is 1.70. The number of fused-ring (bicyclic) bond motifs is 1. The van der Waals surface area contributed by atoms with Crippen molar-refractivity contribution in [2.24, 2.45) is 5.10 Å². The maximum atomic E-state index is 5.11. The minimum absolute atomic E-state index is 0.793. The molecular weight excluding hydrogens is 166 g/mol. The number of aromatic nitrogens is 1. The van der Waals surface area contributed by atoms with E-state index in [0.29, 0.717) is 0 Å². The first-order valence-corrected chi connectivity index (χ1v) is 3.93. The highest BCUT2D eigenvalue weighted by atomic mass is 16.3. The van der Waals surface area contributed by atoms with Gasteiger partial charge in [0.25, 0.3) is 0 Å². The van der Waals surface area contributed by atoms with Crippen LogP contribution in [0.4, 0.5) is 0 Å². The molecule has 1 aromatic heterocycles. The second kappa shape index (κ2) is 3.26. The summed E-state index contributed by atoms with van der Waals surface area (Å²) in [7, 11) is 1.76. The number of hydrogen-bond donors (Lipinski definition) is 1. The topological polar surface area (TPSA) is 50.4 Å². The molecule has 0 aliphatic carbocycles. The van der Waals surface area contributed by atoms with Crippen LogP contribution in [-0.4, -0.2) is 18.2 Å². The fourth-order valence-corrected chi connectivity index (χ4v) is 1.09. The second-order valence-electron chi connectivity index (χ2n) is 2.56. The summed E-state index contributed by atoms with van der Waals surface area (Å²) in [6, 6.07) is 5.72. The Bertz CT molecular complexity index is 433. The molecule has 0 aliphatic rings. The number of nitrogens with one attached hydrogen (secondary N) is 1. The van der Waals surface area contributed by atoms with Gasteiger partial charge in [0, 0.05) is 7.05 Å². The zero-order valence-corrected chi connectivity index (χ0v) is 7.19. The molecule has 1 aromatic carbocycles. The Morgan fingerprint density at radius 1 is 1.54 bits per heavy atom. The van der Waals surface area contributed by atoms with Crippen LogP contribution in [0.1, 0.15) is 5.56 Å². The van der Waals surface area contributed by atoms with Crippen molar-refractivity contribution in [1.82, 2.24) is 10.4 Å². The van der Waals surface area contributed by atoms with E-state index in [-0.39, 0.29) is 0 Å². The van der Waals surface area contributed by atoms with Gasteiger partial charge in [0.05, 0.1) is 6.21 Å². The van der Waals surface area contributed by atoms with Gasteiger partial charge in [-0.25, -0.2) is 4.98 Å². The molecule has 13 heavy (non-hydrogen) atoms. The van der Waals surface area contributed by atoms with Crippen LogP contribution in [0.15, 0.2) is 34.1 Å². The first kappa shape index (κ1) is 7.79. The average molecular weight is 175 g/mol. The van der Waals surface area contributed by atoms with Crippen molar-refractivity contribution in [2.75, 3.05) is 7.05 Å². The first-order valence-electron chi connectivity index (χ1n) is 3.93. The number of hydrazone groups is 1. The van der Waals surface area contributed by atoms with Crippen molar-refractivity contribution in [3.63, 3.8) is 0 Å². The van der Waals surface area contributed by atoms with Gasteiger partial charge in [0.1, 0.15) is 5.52 Å². The van der Waals surface area contributed by atoms with Gasteiger partial charge in [-0.2, -0.15) is 5.10 Å². The van der Waals surface area contributed by atoms with Gasteiger partial charge in [-0.05, 0) is 23.8 Å². The van der Waals surface area contributed by atoms with E-state index < -0.39 is 0 Å². The zero-order valence-electron chi connectivity index (χ0n) is 7.19. The van der Waals surface area contributed by atoms with Crippen molar-refractivity contribution in [3.05, 3.63) is 30.2 Å². The van der Waals surface area contributed by atoms with Crippen LogP contribution in [0, 0.1) is 0 Å². The lowest BCUT2D eigenvalue weighted by Gasteiger charge is -1.91. The van der Waals surface area contributed by atoms with E-state index in [1.807, 2.05) is 18.2 Å². The summed E-state index contributed by atoms with van der Waals surface area (Å²) < 4.78 is 5.11. The Balaban J connectivity index is 2.42. The van der Waals surface area contributed by atoms with Crippen LogP contribution in [0.3, 0.4) is 0 Å². The first-order chi connectivity index (χ1) is 6.40. The molecule has 1 N–H and O–H groups in total. The van der Waals surface area contributed by atoms with Crippen LogP contribution in [0.25, 0.3) is 11.1 Å². The van der Waals surface area contributed by atoms with Gasteiger partial charge in [-0.3, -0.25) is 0 Å². The van der Waals surface area contributed by atoms with Gasteiger partial charge in [0.15, 0.2) is 12.0 Å². The fraction of sp³-hybridized carbons (Fsp3) is 0.111. The molecule has 0 atom stereocenters. The van der Waals surface area contributed by atoms with Gasteiger partial charge < -0.3 is 9.84 Å². The minimum Gasteiger partial charge on any atom is -0.443 e. The highest BCUT2D eigenvalue weighted by Gasteiger charge is 1.97. The molecule has 0 saturated heterocycles. The van der Waals surface area contributed by atoms with Crippen molar-refractivity contribution in [1.29, 1.82) is 0 Å². The highest BCUT2D eigenvalue weighted by Crippen LogP contribution is 2.12. The Labute approximate surface area is 75.3 Å². The van der Waals surface area contributed by atoms with Crippen LogP contribution in [-0.2, 0) is 0 Å². The number of benzene rings is 1. The Kier molecular flexibility index (Phi) is 1.96. The Morgan fingerprint density at radius 3 is 3.31 bits per heavy atom. The van der Waals surface area contributed by atoms with Crippen LogP contribution in [0.2, 0.25) is 0 Å². The van der Waals surface area contributed by atoms with Crippen LogP contribution >= 0.6 is 0 Å². The summed E-state index contributed by atoms with van der Waals surface area (Å²) in [4.78, 5) is 4.04. The monoisotopic (exact) mass is 175 g/mol. The molecule has 0 radical (unpaired) electrons. The van der Waals surface area contributed by atoms with Crippen LogP contribution in [0.5, 0.6) is 0 Å². The number of oxazole rings is 1. The molecule has 4 nitrogen and oxygen atoms in total. The predicted molar refractivity (Wildman–Crippen MR) is 50.7 cm³/mol. The normalized spacial score (nSPS) is 11.2. The summed E-state index contributed by atoms with van der Waals surface area (Å²) >= 11 is 0. The smallest absolute Gasteiger partial charge is 0.181 e. The standard InChI is InChI=1S/C9H9N3O/c1-10-12-5-7-2-3-9-8(4-7)11-6-13-9/h2-6,10H,1H3/b12-5+. The average Bonchev–Trinajstić information content (AvgIpc) is 2.61. The van der Waals surface area contributed by atoms with Gasteiger partial charge in [0.2, 0.25) is 0 Å². The third-order valence-corrected chi connectivity index (χ3v) is 1.70. The molecule has 0 fully saturated rings. The molecule has 66 valence electrons. The molecule has 2 aromatic rings. The molecule has 1 heterocycles. The maximum absolute atomic E-state index is 5.11. The molecule has 0 saturated carbocycles. The molecule has 4 heteroatoms. The van der Waals surface area contributed by atoms with E-state index in [0.717, 1.165) is 16.7 Å². The Hall–Kier alpha value is -1.84. The van der Waals surface area contributed by atoms with E-state index in [9.17, 15) is 0 Å². The Morgan fingerprint density at radius 2 is 2.46 bits per heavy atom. The van der Waals surface area contributed by atoms with Gasteiger partial charge in [-0.15, -0.1) is 0 Å². The predicted octanol–water partition coefficient (Wildman–Crippen LogP) is 1.38. The molecule has 0 aliphatic heterocycles. The molecule has 0 spiro atoms. The molecule has 0 unspecified atom stereocenters. The van der Waals surface area contributed by atoms with E-state index in [4.69, 9.17) is 4.42 Å². The van der Waals surface area contributed by atoms with Crippen molar-refractivity contribution >= 4 is 17.3 Å². The lowest BCUT2D eigenvalue weighted by Crippen LogP contribution is -1.94. The summed E-state index contributed by atoms with van der Waals surface area (Å²) in [6.07, 6.45) is 3.16.